The Morgan fingerprint density at radius 1 is 1.22 bits per heavy atom. The van der Waals surface area contributed by atoms with Crippen LogP contribution in [0.4, 0.5) is 5.88 Å². The summed E-state index contributed by atoms with van der Waals surface area (Å²) in [6.07, 6.45) is 0.420. The second-order valence-corrected chi connectivity index (χ2v) is 14.7. The van der Waals surface area contributed by atoms with Gasteiger partial charge in [0, 0.05) is 20.9 Å². The van der Waals surface area contributed by atoms with Crippen molar-refractivity contribution in [1.82, 2.24) is 0 Å². The van der Waals surface area contributed by atoms with Gasteiger partial charge < -0.3 is 13.9 Å². The maximum absolute atomic E-state index is 12.3. The summed E-state index contributed by atoms with van der Waals surface area (Å²) in [6.45, 7) is 5.70. The number of alkyl halides is 1. The minimum absolute atomic E-state index is 0.0193. The van der Waals surface area contributed by atoms with Gasteiger partial charge in [0.05, 0.1) is 5.75 Å². The third-order valence-electron chi connectivity index (χ3n) is 3.17. The lowest BCUT2D eigenvalue weighted by atomic mass is 10.1. The fourth-order valence-corrected chi connectivity index (χ4v) is 5.22. The van der Waals surface area contributed by atoms with Crippen LogP contribution in [0, 0.1) is 0 Å². The highest BCUT2D eigenvalue weighted by molar-refractivity contribution is 9.09. The van der Waals surface area contributed by atoms with Crippen molar-refractivity contribution in [3.8, 4) is 22.8 Å². The van der Waals surface area contributed by atoms with E-state index in [1.54, 1.807) is 12.1 Å². The van der Waals surface area contributed by atoms with Gasteiger partial charge in [0.25, 0.3) is 5.88 Å². The van der Waals surface area contributed by atoms with E-state index >= 15 is 0 Å². The Hall–Kier alpha value is -0.873. The molecule has 0 aliphatic heterocycles. The lowest BCUT2D eigenvalue weighted by Gasteiger charge is -2.19. The minimum atomic E-state index is -3.68. The van der Waals surface area contributed by atoms with Crippen molar-refractivity contribution < 1.29 is 22.4 Å². The Bertz CT molecular complexity index is 907. The largest absolute Gasteiger partial charge is 0.538 e. The van der Waals surface area contributed by atoms with E-state index in [1.165, 1.54) is 6.07 Å². The van der Waals surface area contributed by atoms with Crippen LogP contribution in [0.5, 0.6) is 11.5 Å². The van der Waals surface area contributed by atoms with Crippen LogP contribution in [0.25, 0.3) is 11.3 Å². The number of furan rings is 1. The van der Waals surface area contributed by atoms with E-state index < -0.39 is 18.3 Å². The van der Waals surface area contributed by atoms with Crippen molar-refractivity contribution in [2.24, 2.45) is 0 Å². The number of anilines is 1. The summed E-state index contributed by atoms with van der Waals surface area (Å²) in [6, 6.07) is 4.64. The van der Waals surface area contributed by atoms with E-state index in [2.05, 4.69) is 20.7 Å². The van der Waals surface area contributed by atoms with Crippen LogP contribution in [-0.4, -0.2) is 32.9 Å². The van der Waals surface area contributed by atoms with E-state index in [0.29, 0.717) is 27.4 Å². The number of nitrogens with one attached hydrogen (secondary N) is 1. The lowest BCUT2D eigenvalue weighted by molar-refractivity contribution is 0.440. The average molecular weight is 517 g/mol. The van der Waals surface area contributed by atoms with E-state index in [-0.39, 0.29) is 28.9 Å². The second-order valence-electron chi connectivity index (χ2n) is 6.77. The van der Waals surface area contributed by atoms with E-state index in [1.807, 2.05) is 19.6 Å². The zero-order valence-electron chi connectivity index (χ0n) is 15.0. The molecule has 2 N–H and O–H groups in total. The minimum Gasteiger partial charge on any atom is -0.538 e. The van der Waals surface area contributed by atoms with Gasteiger partial charge in [0.15, 0.2) is 5.76 Å². The summed E-state index contributed by atoms with van der Waals surface area (Å²) in [5.41, 5.74) is 0.399. The molecule has 2 rings (SSSR count). The first-order chi connectivity index (χ1) is 12.4. The topological polar surface area (TPSA) is 88.8 Å². The number of aromatic hydroxyl groups is 1. The maximum atomic E-state index is 12.3. The third kappa shape index (κ3) is 6.32. The molecule has 2 aromatic rings. The molecule has 0 radical (unpaired) electrons. The standard InChI is InChI=1S/C16H20BrCl2NO5SSi/c1-27(2,3)25-15-13(21)14(10-7-11(18)9-12(19)8-10)24-16(15)20-26(22,23)6-4-5-17/h7-9,20-21H,4-6H2,1-3H3. The van der Waals surface area contributed by atoms with Crippen molar-refractivity contribution in [3.63, 3.8) is 0 Å². The predicted molar refractivity (Wildman–Crippen MR) is 116 cm³/mol. The summed E-state index contributed by atoms with van der Waals surface area (Å²) >= 11 is 15.2. The van der Waals surface area contributed by atoms with Crippen molar-refractivity contribution in [3.05, 3.63) is 28.2 Å². The highest BCUT2D eigenvalue weighted by atomic mass is 79.9. The van der Waals surface area contributed by atoms with Crippen LogP contribution >= 0.6 is 39.1 Å². The molecule has 0 amide bonds. The van der Waals surface area contributed by atoms with Crippen LogP contribution in [-0.2, 0) is 10.0 Å². The predicted octanol–water partition coefficient (Wildman–Crippen LogP) is 5.70. The Labute approximate surface area is 178 Å². The van der Waals surface area contributed by atoms with E-state index in [4.69, 9.17) is 32.0 Å². The molecule has 6 nitrogen and oxygen atoms in total. The first kappa shape index (κ1) is 22.4. The molecule has 11 heteroatoms. The van der Waals surface area contributed by atoms with Gasteiger partial charge in [0.1, 0.15) is 0 Å². The van der Waals surface area contributed by atoms with Gasteiger partial charge >= 0.3 is 0 Å². The Balaban J connectivity index is 2.54. The number of hydrogen-bond donors (Lipinski definition) is 2. The zero-order chi connectivity index (χ0) is 20.4. The molecular formula is C16H20BrCl2NO5SSi. The monoisotopic (exact) mass is 515 g/mol. The van der Waals surface area contributed by atoms with Gasteiger partial charge in [-0.25, -0.2) is 13.1 Å². The van der Waals surface area contributed by atoms with Gasteiger partial charge in [-0.2, -0.15) is 0 Å². The smallest absolute Gasteiger partial charge is 0.252 e. The van der Waals surface area contributed by atoms with Crippen molar-refractivity contribution in [2.75, 3.05) is 15.8 Å². The van der Waals surface area contributed by atoms with Crippen LogP contribution in [0.1, 0.15) is 6.42 Å². The number of hydrogen-bond acceptors (Lipinski definition) is 5. The molecule has 0 fully saturated rings. The van der Waals surface area contributed by atoms with E-state index in [0.717, 1.165) is 0 Å². The summed E-state index contributed by atoms with van der Waals surface area (Å²) in [5, 5.41) is 11.9. The summed E-state index contributed by atoms with van der Waals surface area (Å²) in [7, 11) is -5.86. The normalized spacial score (nSPS) is 12.2. The molecule has 0 bridgehead atoms. The summed E-state index contributed by atoms with van der Waals surface area (Å²) in [4.78, 5) is 0. The SMILES string of the molecule is C[Si](C)(C)Oc1c(NS(=O)(=O)CCCBr)oc(-c2cc(Cl)cc(Cl)c2)c1O. The Morgan fingerprint density at radius 3 is 2.33 bits per heavy atom. The fourth-order valence-electron chi connectivity index (χ4n) is 2.19. The summed E-state index contributed by atoms with van der Waals surface area (Å²) in [5.74, 6) is -0.609. The third-order valence-corrected chi connectivity index (χ3v) is 6.30. The molecule has 0 atom stereocenters. The second kappa shape index (κ2) is 8.65. The highest BCUT2D eigenvalue weighted by Gasteiger charge is 2.30. The van der Waals surface area contributed by atoms with Gasteiger partial charge in [-0.3, -0.25) is 0 Å². The average Bonchev–Trinajstić information content (AvgIpc) is 2.79. The maximum Gasteiger partial charge on any atom is 0.252 e. The van der Waals surface area contributed by atoms with E-state index in [9.17, 15) is 13.5 Å². The number of benzene rings is 1. The number of halogens is 3. The van der Waals surface area contributed by atoms with Crippen molar-refractivity contribution >= 4 is 63.4 Å². The zero-order valence-corrected chi connectivity index (χ0v) is 19.9. The molecule has 27 heavy (non-hydrogen) atoms. The lowest BCUT2D eigenvalue weighted by Crippen LogP contribution is -2.29. The number of rotatable bonds is 8. The van der Waals surface area contributed by atoms with Gasteiger partial charge in [-0.1, -0.05) is 39.1 Å². The fraction of sp³-hybridized carbons (Fsp3) is 0.375. The quantitative estimate of drug-likeness (QED) is 0.347. The summed E-state index contributed by atoms with van der Waals surface area (Å²) < 4.78 is 38.4. The van der Waals surface area contributed by atoms with Gasteiger partial charge in [-0.05, 0) is 44.3 Å². The van der Waals surface area contributed by atoms with Crippen LogP contribution in [0.3, 0.4) is 0 Å². The van der Waals surface area contributed by atoms with Gasteiger partial charge in [-0.15, -0.1) is 0 Å². The molecule has 0 spiro atoms. The van der Waals surface area contributed by atoms with Gasteiger partial charge in [0.2, 0.25) is 29.8 Å². The van der Waals surface area contributed by atoms with Crippen molar-refractivity contribution in [2.45, 2.75) is 26.1 Å². The molecular weight excluding hydrogens is 497 g/mol. The molecule has 150 valence electrons. The molecule has 0 saturated carbocycles. The molecule has 0 aliphatic rings. The molecule has 1 aromatic heterocycles. The molecule has 0 unspecified atom stereocenters. The molecule has 1 aromatic carbocycles. The molecule has 0 aliphatic carbocycles. The Kier molecular flexibility index (Phi) is 7.18. The first-order valence-corrected chi connectivity index (χ1v) is 14.9. The van der Waals surface area contributed by atoms with Crippen LogP contribution in [0.15, 0.2) is 22.6 Å². The Morgan fingerprint density at radius 2 is 1.81 bits per heavy atom. The van der Waals surface area contributed by atoms with Crippen LogP contribution < -0.4 is 9.15 Å². The van der Waals surface area contributed by atoms with Crippen molar-refractivity contribution in [1.29, 1.82) is 0 Å². The highest BCUT2D eigenvalue weighted by Crippen LogP contribution is 2.48. The number of sulfonamides is 1. The first-order valence-electron chi connectivity index (χ1n) is 7.99. The molecule has 1 heterocycles. The molecule has 0 saturated heterocycles. The van der Waals surface area contributed by atoms with Crippen LogP contribution in [0.2, 0.25) is 29.7 Å².